The number of carbonyl (C=O) groups excluding carboxylic acids is 1. The van der Waals surface area contributed by atoms with Crippen LogP contribution in [0.5, 0.6) is 11.5 Å². The number of aromatic nitrogens is 1. The van der Waals surface area contributed by atoms with E-state index in [1.54, 1.807) is 25.1 Å². The van der Waals surface area contributed by atoms with Crippen LogP contribution >= 0.6 is 0 Å². The van der Waals surface area contributed by atoms with Crippen molar-refractivity contribution in [1.82, 2.24) is 9.88 Å². The Morgan fingerprint density at radius 1 is 1.24 bits per heavy atom. The van der Waals surface area contributed by atoms with Crippen LogP contribution in [0.3, 0.4) is 0 Å². The van der Waals surface area contributed by atoms with Crippen molar-refractivity contribution in [2.75, 3.05) is 26.3 Å². The summed E-state index contributed by atoms with van der Waals surface area (Å²) < 4.78 is 16.4. The number of ether oxygens (including phenoxy) is 2. The molecule has 1 aliphatic heterocycles. The van der Waals surface area contributed by atoms with E-state index < -0.39 is 5.97 Å². The van der Waals surface area contributed by atoms with Crippen molar-refractivity contribution in [2.24, 2.45) is 0 Å². The van der Waals surface area contributed by atoms with Gasteiger partial charge in [0.15, 0.2) is 29.3 Å². The average Bonchev–Trinajstić information content (AvgIpc) is 3.11. The lowest BCUT2D eigenvalue weighted by atomic mass is 10.1. The van der Waals surface area contributed by atoms with Gasteiger partial charge in [-0.05, 0) is 25.1 Å². The topological polar surface area (TPSA) is 102 Å². The Balaban J connectivity index is 1.87. The number of carboxylic acid groups (broad SMARTS) is 1. The summed E-state index contributed by atoms with van der Waals surface area (Å²) in [7, 11) is 0. The Morgan fingerprint density at radius 3 is 2.72 bits per heavy atom. The molecule has 0 saturated heterocycles. The van der Waals surface area contributed by atoms with Crippen molar-refractivity contribution < 1.29 is 28.6 Å². The molecule has 1 amide bonds. The molecule has 2 aromatic rings. The van der Waals surface area contributed by atoms with Crippen LogP contribution in [0.25, 0.3) is 11.3 Å². The number of fused-ring (bicyclic) bond motifs is 1. The van der Waals surface area contributed by atoms with Crippen molar-refractivity contribution in [2.45, 2.75) is 13.3 Å². The average molecular weight is 346 g/mol. The third-order valence-corrected chi connectivity index (χ3v) is 3.84. The Kier molecular flexibility index (Phi) is 4.87. The summed E-state index contributed by atoms with van der Waals surface area (Å²) in [6.07, 6.45) is 1.07. The van der Waals surface area contributed by atoms with E-state index in [-0.39, 0.29) is 24.6 Å². The molecule has 0 atom stereocenters. The summed E-state index contributed by atoms with van der Waals surface area (Å²) in [5.41, 5.74) is 0.781. The van der Waals surface area contributed by atoms with Crippen LogP contribution in [0.15, 0.2) is 29.0 Å². The summed E-state index contributed by atoms with van der Waals surface area (Å²) in [4.78, 5) is 28.9. The minimum Gasteiger partial charge on any atom is -0.486 e. The Bertz CT molecular complexity index is 785. The lowest BCUT2D eigenvalue weighted by Gasteiger charge is -2.20. The highest BCUT2D eigenvalue weighted by Crippen LogP contribution is 2.35. The number of aliphatic carboxylic acids is 1. The molecule has 3 rings (SSSR count). The molecule has 0 unspecified atom stereocenters. The number of hydrogen-bond donors (Lipinski definition) is 1. The third-order valence-electron chi connectivity index (χ3n) is 3.84. The molecule has 0 saturated carbocycles. The second kappa shape index (κ2) is 7.25. The minimum absolute atomic E-state index is 0.109. The van der Waals surface area contributed by atoms with Gasteiger partial charge in [-0.15, -0.1) is 0 Å². The summed E-state index contributed by atoms with van der Waals surface area (Å²) >= 11 is 0. The SMILES string of the molecule is CCN(CCC(=O)O)C(=O)c1ncoc1-c1ccc2c(c1)OCCO2. The Hall–Kier alpha value is -3.03. The molecule has 8 nitrogen and oxygen atoms in total. The molecule has 25 heavy (non-hydrogen) atoms. The first kappa shape index (κ1) is 16.8. The number of carbonyl (C=O) groups is 2. The first-order valence-corrected chi connectivity index (χ1v) is 7.94. The number of nitrogens with zero attached hydrogens (tertiary/aromatic N) is 2. The van der Waals surface area contributed by atoms with E-state index >= 15 is 0 Å². The lowest BCUT2D eigenvalue weighted by Crippen LogP contribution is -2.33. The van der Waals surface area contributed by atoms with Gasteiger partial charge in [0.25, 0.3) is 5.91 Å². The molecule has 1 aromatic carbocycles. The van der Waals surface area contributed by atoms with Gasteiger partial charge in [-0.1, -0.05) is 0 Å². The monoisotopic (exact) mass is 346 g/mol. The first-order valence-electron chi connectivity index (χ1n) is 7.94. The molecule has 0 aliphatic carbocycles. The van der Waals surface area contributed by atoms with E-state index in [0.29, 0.717) is 42.6 Å². The third kappa shape index (κ3) is 3.57. The van der Waals surface area contributed by atoms with Crippen LogP contribution in [0.4, 0.5) is 0 Å². The maximum Gasteiger partial charge on any atom is 0.305 e. The van der Waals surface area contributed by atoms with Crippen LogP contribution in [-0.4, -0.2) is 53.2 Å². The lowest BCUT2D eigenvalue weighted by molar-refractivity contribution is -0.137. The zero-order valence-electron chi connectivity index (χ0n) is 13.7. The van der Waals surface area contributed by atoms with Crippen LogP contribution in [0.2, 0.25) is 0 Å². The van der Waals surface area contributed by atoms with E-state index in [0.717, 1.165) is 0 Å². The van der Waals surface area contributed by atoms with Gasteiger partial charge < -0.3 is 23.9 Å². The van der Waals surface area contributed by atoms with Crippen molar-refractivity contribution in [3.8, 4) is 22.8 Å². The molecule has 8 heteroatoms. The first-order chi connectivity index (χ1) is 12.1. The smallest absolute Gasteiger partial charge is 0.305 e. The molecule has 1 N–H and O–H groups in total. The number of benzene rings is 1. The van der Waals surface area contributed by atoms with Crippen LogP contribution in [-0.2, 0) is 4.79 Å². The molecular formula is C17H18N2O6. The fourth-order valence-electron chi connectivity index (χ4n) is 2.57. The standard InChI is InChI=1S/C17H18N2O6/c1-2-19(6-5-14(20)21)17(22)15-16(25-10-18-15)11-3-4-12-13(9-11)24-8-7-23-12/h3-4,9-10H,2,5-8H2,1H3,(H,20,21). The molecule has 2 heterocycles. The molecule has 0 bridgehead atoms. The summed E-state index contributed by atoms with van der Waals surface area (Å²) in [5, 5.41) is 8.82. The maximum absolute atomic E-state index is 12.7. The number of carboxylic acids is 1. The van der Waals surface area contributed by atoms with E-state index in [4.69, 9.17) is 19.0 Å². The van der Waals surface area contributed by atoms with Crippen LogP contribution in [0, 0.1) is 0 Å². The van der Waals surface area contributed by atoms with Gasteiger partial charge in [-0.25, -0.2) is 4.98 Å². The van der Waals surface area contributed by atoms with E-state index in [9.17, 15) is 9.59 Å². The van der Waals surface area contributed by atoms with E-state index in [1.807, 2.05) is 0 Å². The molecule has 1 aliphatic rings. The molecule has 1 aromatic heterocycles. The quantitative estimate of drug-likeness (QED) is 0.854. The van der Waals surface area contributed by atoms with Gasteiger partial charge in [-0.3, -0.25) is 9.59 Å². The fraction of sp³-hybridized carbons (Fsp3) is 0.353. The van der Waals surface area contributed by atoms with Gasteiger partial charge >= 0.3 is 5.97 Å². The van der Waals surface area contributed by atoms with Gasteiger partial charge in [0, 0.05) is 18.7 Å². The minimum atomic E-state index is -0.960. The second-order valence-corrected chi connectivity index (χ2v) is 5.42. The highest BCUT2D eigenvalue weighted by atomic mass is 16.6. The largest absolute Gasteiger partial charge is 0.486 e. The number of oxazole rings is 1. The van der Waals surface area contributed by atoms with Crippen molar-refractivity contribution >= 4 is 11.9 Å². The maximum atomic E-state index is 12.7. The number of hydrogen-bond acceptors (Lipinski definition) is 6. The van der Waals surface area contributed by atoms with Gasteiger partial charge in [-0.2, -0.15) is 0 Å². The number of rotatable bonds is 6. The number of amides is 1. The van der Waals surface area contributed by atoms with Gasteiger partial charge in [0.05, 0.1) is 6.42 Å². The van der Waals surface area contributed by atoms with Gasteiger partial charge in [0.2, 0.25) is 0 Å². The van der Waals surface area contributed by atoms with Crippen molar-refractivity contribution in [3.05, 3.63) is 30.3 Å². The Morgan fingerprint density at radius 2 is 2.00 bits per heavy atom. The Labute approximate surface area is 144 Å². The zero-order chi connectivity index (χ0) is 17.8. The van der Waals surface area contributed by atoms with Crippen molar-refractivity contribution in [1.29, 1.82) is 0 Å². The highest BCUT2D eigenvalue weighted by molar-refractivity contribution is 5.97. The van der Waals surface area contributed by atoms with Gasteiger partial charge in [0.1, 0.15) is 13.2 Å². The van der Waals surface area contributed by atoms with E-state index in [2.05, 4.69) is 4.98 Å². The molecular weight excluding hydrogens is 328 g/mol. The predicted octanol–water partition coefficient (Wildman–Crippen LogP) is 2.05. The summed E-state index contributed by atoms with van der Waals surface area (Å²) in [6, 6.07) is 5.25. The van der Waals surface area contributed by atoms with Crippen LogP contribution < -0.4 is 9.47 Å². The molecule has 0 fully saturated rings. The molecule has 0 radical (unpaired) electrons. The highest BCUT2D eigenvalue weighted by Gasteiger charge is 2.24. The zero-order valence-corrected chi connectivity index (χ0v) is 13.7. The predicted molar refractivity (Wildman–Crippen MR) is 86.8 cm³/mol. The summed E-state index contributed by atoms with van der Waals surface area (Å²) in [6.45, 7) is 3.21. The summed E-state index contributed by atoms with van der Waals surface area (Å²) in [5.74, 6) is 0.201. The van der Waals surface area contributed by atoms with Crippen LogP contribution in [0.1, 0.15) is 23.8 Å². The van der Waals surface area contributed by atoms with E-state index in [1.165, 1.54) is 11.3 Å². The normalized spacial score (nSPS) is 12.7. The second-order valence-electron chi connectivity index (χ2n) is 5.42. The molecule has 132 valence electrons. The fourth-order valence-corrected chi connectivity index (χ4v) is 2.57. The van der Waals surface area contributed by atoms with Crippen molar-refractivity contribution in [3.63, 3.8) is 0 Å². The molecule has 0 spiro atoms.